The van der Waals surface area contributed by atoms with Crippen LogP contribution in [0.5, 0.6) is 0 Å². The number of anilines is 1. The maximum Gasteiger partial charge on any atom is 0.263 e. The van der Waals surface area contributed by atoms with Crippen LogP contribution in [0.15, 0.2) is 17.5 Å². The van der Waals surface area contributed by atoms with Gasteiger partial charge in [0.2, 0.25) is 3.79 Å². The van der Waals surface area contributed by atoms with Crippen molar-refractivity contribution in [3.05, 3.63) is 38.4 Å². The number of carbonyl (C=O) groups is 1. The number of hydrogen-bond donors (Lipinski definition) is 2. The van der Waals surface area contributed by atoms with E-state index in [0.717, 1.165) is 31.2 Å². The van der Waals surface area contributed by atoms with Crippen LogP contribution in [0, 0.1) is 11.3 Å². The van der Waals surface area contributed by atoms with Gasteiger partial charge in [-0.15, -0.1) is 22.7 Å². The van der Waals surface area contributed by atoms with Gasteiger partial charge in [-0.2, -0.15) is 5.26 Å². The highest BCUT2D eigenvalue weighted by atomic mass is 35.6. The van der Waals surface area contributed by atoms with E-state index >= 15 is 0 Å². The lowest BCUT2D eigenvalue weighted by atomic mass is 9.96. The number of rotatable bonds is 4. The highest BCUT2D eigenvalue weighted by Crippen LogP contribution is 2.40. The Morgan fingerprint density at radius 3 is 2.72 bits per heavy atom. The first-order valence-electron chi connectivity index (χ1n) is 7.62. The molecule has 132 valence electrons. The van der Waals surface area contributed by atoms with Crippen molar-refractivity contribution in [2.45, 2.75) is 35.6 Å². The van der Waals surface area contributed by atoms with Gasteiger partial charge in [0.05, 0.1) is 10.4 Å². The molecule has 1 aliphatic rings. The van der Waals surface area contributed by atoms with Crippen molar-refractivity contribution in [2.24, 2.45) is 0 Å². The average Bonchev–Trinajstić information content (AvgIpc) is 3.20. The van der Waals surface area contributed by atoms with Crippen LogP contribution in [0.2, 0.25) is 0 Å². The minimum atomic E-state index is -1.77. The van der Waals surface area contributed by atoms with Crippen LogP contribution in [0.4, 0.5) is 5.00 Å². The second kappa shape index (κ2) is 7.73. The summed E-state index contributed by atoms with van der Waals surface area (Å²) in [5.74, 6) is -0.335. The first-order chi connectivity index (χ1) is 11.9. The molecule has 0 aliphatic heterocycles. The fourth-order valence-corrected chi connectivity index (χ4v) is 4.95. The molecule has 4 nitrogen and oxygen atoms in total. The molecule has 1 atom stereocenters. The number of carbonyl (C=O) groups excluding carboxylic acids is 1. The van der Waals surface area contributed by atoms with Gasteiger partial charge in [0.25, 0.3) is 5.91 Å². The number of halogens is 3. The summed E-state index contributed by atoms with van der Waals surface area (Å²) in [7, 11) is 0. The number of hydrogen-bond acceptors (Lipinski definition) is 5. The highest BCUT2D eigenvalue weighted by molar-refractivity contribution is 7.16. The van der Waals surface area contributed by atoms with E-state index in [9.17, 15) is 10.1 Å². The summed E-state index contributed by atoms with van der Waals surface area (Å²) in [5.41, 5.74) is 1.67. The van der Waals surface area contributed by atoms with E-state index in [1.165, 1.54) is 27.6 Å². The Balaban J connectivity index is 1.85. The molecule has 1 amide bonds. The molecule has 3 rings (SSSR count). The largest absolute Gasteiger partial charge is 0.352 e. The zero-order valence-electron chi connectivity index (χ0n) is 12.9. The molecule has 0 saturated heterocycles. The number of nitrogens with zero attached hydrogens (tertiary/aromatic N) is 1. The van der Waals surface area contributed by atoms with Crippen molar-refractivity contribution in [1.82, 2.24) is 5.32 Å². The Kier molecular flexibility index (Phi) is 5.81. The average molecular weight is 435 g/mol. The van der Waals surface area contributed by atoms with E-state index in [4.69, 9.17) is 34.8 Å². The number of nitrogens with one attached hydrogen (secondary N) is 2. The second-order valence-electron chi connectivity index (χ2n) is 5.60. The molecule has 1 unspecified atom stereocenters. The van der Waals surface area contributed by atoms with Crippen LogP contribution in [-0.4, -0.2) is 15.9 Å². The van der Waals surface area contributed by atoms with E-state index in [-0.39, 0.29) is 5.91 Å². The van der Waals surface area contributed by atoms with Crippen LogP contribution in [-0.2, 0) is 12.8 Å². The molecule has 1 aliphatic carbocycles. The Labute approximate surface area is 168 Å². The van der Waals surface area contributed by atoms with Crippen LogP contribution in [0.25, 0.3) is 0 Å². The predicted octanol–water partition coefficient (Wildman–Crippen LogP) is 5.10. The van der Waals surface area contributed by atoms with Crippen LogP contribution in [0.1, 0.15) is 38.5 Å². The van der Waals surface area contributed by atoms with Crippen molar-refractivity contribution in [2.75, 3.05) is 5.32 Å². The lowest BCUT2D eigenvalue weighted by Gasteiger charge is -2.26. The van der Waals surface area contributed by atoms with Crippen LogP contribution in [0.3, 0.4) is 0 Å². The van der Waals surface area contributed by atoms with Gasteiger partial charge in [0.15, 0.2) is 0 Å². The summed E-state index contributed by atoms with van der Waals surface area (Å²) >= 11 is 21.0. The summed E-state index contributed by atoms with van der Waals surface area (Å²) in [6, 6.07) is 5.72. The molecule has 2 aromatic heterocycles. The molecular weight excluding hydrogens is 421 g/mol. The van der Waals surface area contributed by atoms with Crippen molar-refractivity contribution in [1.29, 1.82) is 5.26 Å². The topological polar surface area (TPSA) is 64.9 Å². The van der Waals surface area contributed by atoms with Gasteiger partial charge in [-0.1, -0.05) is 40.9 Å². The Morgan fingerprint density at radius 1 is 1.32 bits per heavy atom. The third-order valence-corrected chi connectivity index (χ3v) is 6.65. The Morgan fingerprint density at radius 2 is 2.08 bits per heavy atom. The highest BCUT2D eigenvalue weighted by Gasteiger charge is 2.36. The number of amides is 1. The lowest BCUT2D eigenvalue weighted by molar-refractivity contribution is 0.0946. The summed E-state index contributed by atoms with van der Waals surface area (Å²) < 4.78 is -1.77. The molecule has 25 heavy (non-hydrogen) atoms. The summed E-state index contributed by atoms with van der Waals surface area (Å²) in [4.78, 5) is 14.0. The fraction of sp³-hybridized carbons (Fsp3) is 0.375. The Hall–Kier alpha value is -0.970. The van der Waals surface area contributed by atoms with Crippen LogP contribution >= 0.6 is 57.5 Å². The third-order valence-electron chi connectivity index (χ3n) is 3.91. The van der Waals surface area contributed by atoms with Crippen LogP contribution < -0.4 is 10.6 Å². The number of thiophene rings is 2. The molecule has 0 aromatic carbocycles. The maximum absolute atomic E-state index is 12.3. The molecule has 0 bridgehead atoms. The maximum atomic E-state index is 12.3. The smallest absolute Gasteiger partial charge is 0.263 e. The number of fused-ring (bicyclic) bond motifs is 1. The van der Waals surface area contributed by atoms with Gasteiger partial charge in [0.1, 0.15) is 17.2 Å². The third kappa shape index (κ3) is 4.24. The first kappa shape index (κ1) is 18.8. The molecule has 0 radical (unpaired) electrons. The van der Waals surface area contributed by atoms with Gasteiger partial charge >= 0.3 is 0 Å². The number of nitriles is 1. The fourth-order valence-electron chi connectivity index (χ4n) is 2.73. The normalized spacial score (nSPS) is 15.1. The van der Waals surface area contributed by atoms with Gasteiger partial charge in [0, 0.05) is 4.88 Å². The summed E-state index contributed by atoms with van der Waals surface area (Å²) in [6.07, 6.45) is 3.06. The molecule has 2 N–H and O–H groups in total. The number of aryl methyl sites for hydroxylation is 1. The van der Waals surface area contributed by atoms with Gasteiger partial charge in [-0.3, -0.25) is 4.79 Å². The number of alkyl halides is 3. The van der Waals surface area contributed by atoms with E-state index in [1.807, 2.05) is 0 Å². The molecule has 0 saturated carbocycles. The summed E-state index contributed by atoms with van der Waals surface area (Å²) in [5, 5.41) is 17.7. The first-order valence-corrected chi connectivity index (χ1v) is 10.5. The molecule has 0 spiro atoms. The van der Waals surface area contributed by atoms with Crippen molar-refractivity contribution in [3.8, 4) is 6.07 Å². The van der Waals surface area contributed by atoms with Crippen molar-refractivity contribution < 1.29 is 4.79 Å². The van der Waals surface area contributed by atoms with E-state index in [1.54, 1.807) is 17.5 Å². The van der Waals surface area contributed by atoms with E-state index in [2.05, 4.69) is 16.7 Å². The standard InChI is InChI=1S/C16H14Cl3N3OS2/c17-16(18,19)15(21-13(23)12-6-3-7-24-12)22-14-10(8-20)9-4-1-2-5-11(9)25-14/h3,6-7,15,22H,1-2,4-5H2,(H,21,23). The van der Waals surface area contributed by atoms with Crippen molar-refractivity contribution >= 4 is 68.4 Å². The molecular formula is C16H14Cl3N3OS2. The molecule has 2 aromatic rings. The SMILES string of the molecule is N#Cc1c(NC(NC(=O)c2cccs2)C(Cl)(Cl)Cl)sc2c1CCCC2. The predicted molar refractivity (Wildman–Crippen MR) is 105 cm³/mol. The van der Waals surface area contributed by atoms with Crippen molar-refractivity contribution in [3.63, 3.8) is 0 Å². The zero-order valence-corrected chi connectivity index (χ0v) is 16.8. The second-order valence-corrected chi connectivity index (χ2v) is 10.0. The van der Waals surface area contributed by atoms with E-state index < -0.39 is 9.96 Å². The minimum Gasteiger partial charge on any atom is -0.352 e. The van der Waals surface area contributed by atoms with Gasteiger partial charge < -0.3 is 10.6 Å². The quantitative estimate of drug-likeness (QED) is 0.520. The zero-order chi connectivity index (χ0) is 18.0. The molecule has 0 fully saturated rings. The lowest BCUT2D eigenvalue weighted by Crippen LogP contribution is -2.48. The van der Waals surface area contributed by atoms with E-state index in [0.29, 0.717) is 15.4 Å². The summed E-state index contributed by atoms with van der Waals surface area (Å²) in [6.45, 7) is 0. The molecule has 2 heterocycles. The van der Waals surface area contributed by atoms with Gasteiger partial charge in [-0.25, -0.2) is 0 Å². The molecule has 9 heteroatoms. The minimum absolute atomic E-state index is 0.335. The van der Waals surface area contributed by atoms with Gasteiger partial charge in [-0.05, 0) is 42.7 Å². The Bertz CT molecular complexity index is 806. The monoisotopic (exact) mass is 433 g/mol.